The van der Waals surface area contributed by atoms with E-state index in [0.717, 1.165) is 0 Å². The van der Waals surface area contributed by atoms with Crippen LogP contribution in [-0.2, 0) is 0 Å². The monoisotopic (exact) mass is 303 g/mol. The Morgan fingerprint density at radius 3 is 3.00 bits per heavy atom. The summed E-state index contributed by atoms with van der Waals surface area (Å²) in [6, 6.07) is 10.3. The van der Waals surface area contributed by atoms with Crippen LogP contribution in [-0.4, -0.2) is 23.7 Å². The van der Waals surface area contributed by atoms with Crippen molar-refractivity contribution in [2.45, 2.75) is 6.92 Å². The van der Waals surface area contributed by atoms with E-state index in [-0.39, 0.29) is 5.91 Å². The molecular formula is C15H14ClN3O2. The van der Waals surface area contributed by atoms with Crippen LogP contribution < -0.4 is 10.2 Å². The zero-order valence-corrected chi connectivity index (χ0v) is 12.2. The van der Waals surface area contributed by atoms with Gasteiger partial charge in [0.15, 0.2) is 0 Å². The van der Waals surface area contributed by atoms with Gasteiger partial charge >= 0.3 is 0 Å². The van der Waals surface area contributed by atoms with E-state index in [1.54, 1.807) is 42.6 Å². The lowest BCUT2D eigenvalue weighted by Gasteiger charge is -2.06. The summed E-state index contributed by atoms with van der Waals surface area (Å²) in [5.41, 5.74) is 3.39. The third kappa shape index (κ3) is 4.29. The second-order valence-corrected chi connectivity index (χ2v) is 4.47. The van der Waals surface area contributed by atoms with Crippen molar-refractivity contribution in [2.24, 2.45) is 5.10 Å². The number of hydrazone groups is 1. The highest BCUT2D eigenvalue weighted by Crippen LogP contribution is 2.21. The summed E-state index contributed by atoms with van der Waals surface area (Å²) in [4.78, 5) is 15.7. The molecule has 6 heteroatoms. The van der Waals surface area contributed by atoms with E-state index in [1.165, 1.54) is 6.21 Å². The van der Waals surface area contributed by atoms with E-state index in [4.69, 9.17) is 16.3 Å². The van der Waals surface area contributed by atoms with Crippen molar-refractivity contribution in [1.29, 1.82) is 0 Å². The molecule has 0 atom stereocenters. The molecule has 0 fully saturated rings. The van der Waals surface area contributed by atoms with Gasteiger partial charge in [-0.1, -0.05) is 17.7 Å². The fourth-order valence-corrected chi connectivity index (χ4v) is 1.80. The van der Waals surface area contributed by atoms with Crippen molar-refractivity contribution in [3.63, 3.8) is 0 Å². The molecule has 0 saturated heterocycles. The highest BCUT2D eigenvalue weighted by molar-refractivity contribution is 6.30. The molecule has 2 rings (SSSR count). The van der Waals surface area contributed by atoms with Crippen LogP contribution in [0.5, 0.6) is 5.75 Å². The molecule has 108 valence electrons. The van der Waals surface area contributed by atoms with Gasteiger partial charge < -0.3 is 4.74 Å². The van der Waals surface area contributed by atoms with Crippen LogP contribution >= 0.6 is 11.6 Å². The number of nitrogens with one attached hydrogen (secondary N) is 1. The number of ether oxygens (including phenoxy) is 1. The first-order valence-electron chi connectivity index (χ1n) is 6.37. The quantitative estimate of drug-likeness (QED) is 0.682. The van der Waals surface area contributed by atoms with Crippen molar-refractivity contribution < 1.29 is 9.53 Å². The van der Waals surface area contributed by atoms with Gasteiger partial charge in [-0.15, -0.1) is 0 Å². The number of halogens is 1. The standard InChI is InChI=1S/C15H14ClN3O2/c1-2-21-14-7-6-12(16)9-11(14)10-18-19-15(20)13-5-3-4-8-17-13/h3-10H,2H2,1H3,(H,19,20)/b18-10-. The van der Waals surface area contributed by atoms with Crippen LogP contribution in [0.2, 0.25) is 5.02 Å². The van der Waals surface area contributed by atoms with Crippen LogP contribution in [0.15, 0.2) is 47.7 Å². The average molecular weight is 304 g/mol. The number of amides is 1. The lowest BCUT2D eigenvalue weighted by atomic mass is 10.2. The van der Waals surface area contributed by atoms with Gasteiger partial charge in [-0.25, -0.2) is 5.43 Å². The molecule has 1 aromatic carbocycles. The molecule has 0 aliphatic heterocycles. The number of carbonyl (C=O) groups excluding carboxylic acids is 1. The minimum absolute atomic E-state index is 0.297. The molecule has 1 aromatic heterocycles. The smallest absolute Gasteiger partial charge is 0.289 e. The minimum Gasteiger partial charge on any atom is -0.493 e. The summed E-state index contributed by atoms with van der Waals surface area (Å²) < 4.78 is 5.46. The maximum atomic E-state index is 11.8. The third-order valence-corrected chi connectivity index (χ3v) is 2.77. The molecule has 0 bridgehead atoms. The molecule has 21 heavy (non-hydrogen) atoms. The van der Waals surface area contributed by atoms with Gasteiger partial charge in [0, 0.05) is 16.8 Å². The van der Waals surface area contributed by atoms with Crippen molar-refractivity contribution in [1.82, 2.24) is 10.4 Å². The Hall–Kier alpha value is -2.40. The zero-order chi connectivity index (χ0) is 15.1. The van der Waals surface area contributed by atoms with Crippen LogP contribution in [0.1, 0.15) is 23.0 Å². The molecule has 1 N–H and O–H groups in total. The van der Waals surface area contributed by atoms with Gasteiger partial charge in [-0.05, 0) is 37.3 Å². The van der Waals surface area contributed by atoms with E-state index in [0.29, 0.717) is 28.6 Å². The summed E-state index contributed by atoms with van der Waals surface area (Å²) in [6.45, 7) is 2.42. The number of hydrogen-bond acceptors (Lipinski definition) is 4. The summed E-state index contributed by atoms with van der Waals surface area (Å²) in [5.74, 6) is 0.268. The number of pyridine rings is 1. The average Bonchev–Trinajstić information content (AvgIpc) is 2.51. The van der Waals surface area contributed by atoms with E-state index < -0.39 is 0 Å². The SMILES string of the molecule is CCOc1ccc(Cl)cc1/C=N\NC(=O)c1ccccn1. The Morgan fingerprint density at radius 2 is 2.29 bits per heavy atom. The van der Waals surface area contributed by atoms with Gasteiger partial charge in [0.25, 0.3) is 5.91 Å². The van der Waals surface area contributed by atoms with Crippen molar-refractivity contribution in [3.8, 4) is 5.75 Å². The second-order valence-electron chi connectivity index (χ2n) is 4.03. The fraction of sp³-hybridized carbons (Fsp3) is 0.133. The third-order valence-electron chi connectivity index (χ3n) is 2.54. The number of hydrogen-bond donors (Lipinski definition) is 1. The predicted molar refractivity (Wildman–Crippen MR) is 81.9 cm³/mol. The molecule has 0 unspecified atom stereocenters. The maximum Gasteiger partial charge on any atom is 0.289 e. The van der Waals surface area contributed by atoms with E-state index >= 15 is 0 Å². The summed E-state index contributed by atoms with van der Waals surface area (Å²) in [7, 11) is 0. The molecule has 1 heterocycles. The second kappa shape index (κ2) is 7.40. The van der Waals surface area contributed by atoms with Crippen molar-refractivity contribution in [2.75, 3.05) is 6.61 Å². The number of rotatable bonds is 5. The van der Waals surface area contributed by atoms with Crippen LogP contribution in [0.4, 0.5) is 0 Å². The van der Waals surface area contributed by atoms with Crippen LogP contribution in [0.25, 0.3) is 0 Å². The van der Waals surface area contributed by atoms with Gasteiger partial charge in [0.2, 0.25) is 0 Å². The van der Waals surface area contributed by atoms with Crippen molar-refractivity contribution in [3.05, 3.63) is 58.9 Å². The molecular weight excluding hydrogens is 290 g/mol. The zero-order valence-electron chi connectivity index (χ0n) is 11.4. The Bertz CT molecular complexity index is 645. The lowest BCUT2D eigenvalue weighted by molar-refractivity contribution is 0.0950. The summed E-state index contributed by atoms with van der Waals surface area (Å²) in [5, 5.41) is 4.46. The normalized spacial score (nSPS) is 10.6. The predicted octanol–water partition coefficient (Wildman–Crippen LogP) is 2.90. The molecule has 2 aromatic rings. The van der Waals surface area contributed by atoms with Crippen LogP contribution in [0, 0.1) is 0 Å². The lowest BCUT2D eigenvalue weighted by Crippen LogP contribution is -2.18. The number of benzene rings is 1. The van der Waals surface area contributed by atoms with Gasteiger partial charge in [0.05, 0.1) is 12.8 Å². The Kier molecular flexibility index (Phi) is 5.29. The molecule has 1 amide bonds. The molecule has 0 aliphatic rings. The first-order chi connectivity index (χ1) is 10.2. The topological polar surface area (TPSA) is 63.6 Å². The molecule has 0 spiro atoms. The first kappa shape index (κ1) is 15.0. The van der Waals surface area contributed by atoms with Gasteiger partial charge in [0.1, 0.15) is 11.4 Å². The van der Waals surface area contributed by atoms with Gasteiger partial charge in [-0.2, -0.15) is 5.10 Å². The van der Waals surface area contributed by atoms with E-state index in [2.05, 4.69) is 15.5 Å². The molecule has 5 nitrogen and oxygen atoms in total. The number of aromatic nitrogens is 1. The minimum atomic E-state index is -0.383. The highest BCUT2D eigenvalue weighted by atomic mass is 35.5. The van der Waals surface area contributed by atoms with Crippen molar-refractivity contribution >= 4 is 23.7 Å². The Labute approximate surface area is 127 Å². The van der Waals surface area contributed by atoms with Gasteiger partial charge in [-0.3, -0.25) is 9.78 Å². The summed E-state index contributed by atoms with van der Waals surface area (Å²) >= 11 is 5.94. The Balaban J connectivity index is 2.07. The van der Waals surface area contributed by atoms with E-state index in [9.17, 15) is 4.79 Å². The largest absolute Gasteiger partial charge is 0.493 e. The van der Waals surface area contributed by atoms with Crippen LogP contribution in [0.3, 0.4) is 0 Å². The fourth-order valence-electron chi connectivity index (χ4n) is 1.62. The molecule has 0 radical (unpaired) electrons. The molecule has 0 aliphatic carbocycles. The number of carbonyl (C=O) groups is 1. The number of nitrogens with zero attached hydrogens (tertiary/aromatic N) is 2. The highest BCUT2D eigenvalue weighted by Gasteiger charge is 2.05. The first-order valence-corrected chi connectivity index (χ1v) is 6.75. The van der Waals surface area contributed by atoms with E-state index in [1.807, 2.05) is 6.92 Å². The molecule has 0 saturated carbocycles. The Morgan fingerprint density at radius 1 is 1.43 bits per heavy atom. The summed E-state index contributed by atoms with van der Waals surface area (Å²) in [6.07, 6.45) is 3.03. The maximum absolute atomic E-state index is 11.8.